The second-order valence-electron chi connectivity index (χ2n) is 5.71. The summed E-state index contributed by atoms with van der Waals surface area (Å²) >= 11 is 0. The van der Waals surface area contributed by atoms with Crippen molar-refractivity contribution in [2.24, 2.45) is 0 Å². The van der Waals surface area contributed by atoms with Crippen molar-refractivity contribution in [3.63, 3.8) is 0 Å². The Morgan fingerprint density at radius 3 is 2.48 bits per heavy atom. The quantitative estimate of drug-likeness (QED) is 0.886. The first-order valence-corrected chi connectivity index (χ1v) is 7.25. The van der Waals surface area contributed by atoms with Gasteiger partial charge in [-0.05, 0) is 49.1 Å². The van der Waals surface area contributed by atoms with Crippen LogP contribution in [0.25, 0.3) is 16.8 Å². The van der Waals surface area contributed by atoms with E-state index in [9.17, 15) is 0 Å². The van der Waals surface area contributed by atoms with E-state index in [1.165, 1.54) is 0 Å². The topological polar surface area (TPSA) is 37.8 Å². The van der Waals surface area contributed by atoms with E-state index in [4.69, 9.17) is 4.98 Å². The molecule has 0 aromatic carbocycles. The van der Waals surface area contributed by atoms with E-state index in [-0.39, 0.29) is 0 Å². The van der Waals surface area contributed by atoms with Crippen LogP contribution in [0.1, 0.15) is 43.6 Å². The molecule has 0 atom stereocenters. The third-order valence-electron chi connectivity index (χ3n) is 3.54. The molecule has 0 amide bonds. The third kappa shape index (κ3) is 3.13. The Bertz CT molecular complexity index is 655. The van der Waals surface area contributed by atoms with E-state index in [1.54, 1.807) is 0 Å². The maximum atomic E-state index is 4.79. The van der Waals surface area contributed by atoms with E-state index < -0.39 is 0 Å². The van der Waals surface area contributed by atoms with Gasteiger partial charge in [0.25, 0.3) is 0 Å². The van der Waals surface area contributed by atoms with Gasteiger partial charge < -0.3 is 5.32 Å². The largest absolute Gasteiger partial charge is 0.386 e. The van der Waals surface area contributed by atoms with Gasteiger partial charge in [-0.15, -0.1) is 0 Å². The summed E-state index contributed by atoms with van der Waals surface area (Å²) in [6.07, 6.45) is 1.91. The fourth-order valence-electron chi connectivity index (χ4n) is 2.31. The summed E-state index contributed by atoms with van der Waals surface area (Å²) in [5.41, 5.74) is 7.11. The Morgan fingerprint density at radius 1 is 1.29 bits per heavy atom. The van der Waals surface area contributed by atoms with Crippen molar-refractivity contribution in [2.75, 3.05) is 12.4 Å². The summed E-state index contributed by atoms with van der Waals surface area (Å²) < 4.78 is 0. The molecule has 110 valence electrons. The Labute approximate surface area is 127 Å². The summed E-state index contributed by atoms with van der Waals surface area (Å²) in [5.74, 6) is 0.436. The van der Waals surface area contributed by atoms with Gasteiger partial charge in [0.1, 0.15) is 0 Å². The molecule has 2 aromatic heterocycles. The van der Waals surface area contributed by atoms with E-state index in [0.717, 1.165) is 39.5 Å². The lowest BCUT2D eigenvalue weighted by Gasteiger charge is -2.14. The first-order valence-electron chi connectivity index (χ1n) is 7.25. The number of rotatable bonds is 4. The van der Waals surface area contributed by atoms with Crippen molar-refractivity contribution in [1.82, 2.24) is 9.97 Å². The van der Waals surface area contributed by atoms with Crippen LogP contribution in [-0.4, -0.2) is 17.0 Å². The van der Waals surface area contributed by atoms with Crippen molar-refractivity contribution in [2.45, 2.75) is 33.6 Å². The minimum Gasteiger partial charge on any atom is -0.386 e. The summed E-state index contributed by atoms with van der Waals surface area (Å²) in [6, 6.07) is 6.29. The molecule has 0 radical (unpaired) electrons. The molecular formula is C18H23N3. The Morgan fingerprint density at radius 2 is 2.00 bits per heavy atom. The number of nitrogens with one attached hydrogen (secondary N) is 1. The van der Waals surface area contributed by atoms with E-state index in [0.29, 0.717) is 5.92 Å². The Hall–Kier alpha value is -2.16. The minimum absolute atomic E-state index is 0.436. The Balaban J connectivity index is 2.53. The number of aryl methyl sites for hydroxylation is 1. The predicted octanol–water partition coefficient (Wildman–Crippen LogP) is 4.65. The van der Waals surface area contributed by atoms with E-state index in [2.05, 4.69) is 55.9 Å². The monoisotopic (exact) mass is 281 g/mol. The molecule has 3 nitrogen and oxygen atoms in total. The second-order valence-corrected chi connectivity index (χ2v) is 5.71. The van der Waals surface area contributed by atoms with Crippen LogP contribution in [0.4, 0.5) is 5.69 Å². The lowest BCUT2D eigenvalue weighted by molar-refractivity contribution is 0.823. The Kier molecular flexibility index (Phi) is 4.41. The maximum Gasteiger partial charge on any atom is 0.0891 e. The summed E-state index contributed by atoms with van der Waals surface area (Å²) in [7, 11) is 1.90. The van der Waals surface area contributed by atoms with Gasteiger partial charge >= 0.3 is 0 Å². The number of aromatic nitrogens is 2. The third-order valence-corrected chi connectivity index (χ3v) is 3.54. The average molecular weight is 281 g/mol. The van der Waals surface area contributed by atoms with Crippen molar-refractivity contribution in [3.8, 4) is 11.3 Å². The zero-order valence-electron chi connectivity index (χ0n) is 13.5. The molecule has 0 aliphatic rings. The van der Waals surface area contributed by atoms with Crippen LogP contribution in [0.2, 0.25) is 0 Å². The minimum atomic E-state index is 0.436. The molecule has 0 bridgehead atoms. The number of hydrogen-bond donors (Lipinski definition) is 1. The lowest BCUT2D eigenvalue weighted by atomic mass is 10.0. The number of pyridine rings is 2. The lowest BCUT2D eigenvalue weighted by Crippen LogP contribution is -2.01. The predicted molar refractivity (Wildman–Crippen MR) is 90.5 cm³/mol. The highest BCUT2D eigenvalue weighted by Crippen LogP contribution is 2.29. The van der Waals surface area contributed by atoms with E-state index in [1.807, 2.05) is 20.2 Å². The van der Waals surface area contributed by atoms with Crippen LogP contribution in [0, 0.1) is 6.92 Å². The van der Waals surface area contributed by atoms with Crippen molar-refractivity contribution >= 4 is 11.3 Å². The van der Waals surface area contributed by atoms with Gasteiger partial charge in [0, 0.05) is 24.5 Å². The van der Waals surface area contributed by atoms with Crippen LogP contribution < -0.4 is 5.32 Å². The zero-order chi connectivity index (χ0) is 15.6. The van der Waals surface area contributed by atoms with Gasteiger partial charge in [0.05, 0.1) is 17.1 Å². The molecule has 3 heteroatoms. The molecule has 0 saturated heterocycles. The summed E-state index contributed by atoms with van der Waals surface area (Å²) in [5, 5.41) is 3.18. The molecule has 0 unspecified atom stereocenters. The highest BCUT2D eigenvalue weighted by Gasteiger charge is 2.11. The van der Waals surface area contributed by atoms with Crippen LogP contribution in [0.3, 0.4) is 0 Å². The summed E-state index contributed by atoms with van der Waals surface area (Å²) in [6.45, 7) is 12.4. The van der Waals surface area contributed by atoms with Crippen molar-refractivity contribution in [1.29, 1.82) is 0 Å². The van der Waals surface area contributed by atoms with Gasteiger partial charge in [-0.1, -0.05) is 20.4 Å². The smallest absolute Gasteiger partial charge is 0.0891 e. The molecule has 0 spiro atoms. The van der Waals surface area contributed by atoms with Crippen LogP contribution >= 0.6 is 0 Å². The van der Waals surface area contributed by atoms with Crippen LogP contribution in [-0.2, 0) is 0 Å². The molecule has 2 rings (SSSR count). The molecule has 1 N–H and O–H groups in total. The number of allylic oxidation sites excluding steroid dienone is 1. The van der Waals surface area contributed by atoms with Gasteiger partial charge in [-0.2, -0.15) is 0 Å². The van der Waals surface area contributed by atoms with Crippen LogP contribution in [0.15, 0.2) is 31.0 Å². The molecule has 2 heterocycles. The van der Waals surface area contributed by atoms with Gasteiger partial charge in [-0.25, -0.2) is 4.98 Å². The molecule has 21 heavy (non-hydrogen) atoms. The fraction of sp³-hybridized carbons (Fsp3) is 0.333. The first kappa shape index (κ1) is 15.2. The highest BCUT2D eigenvalue weighted by atomic mass is 14.9. The molecule has 0 aliphatic heterocycles. The molecular weight excluding hydrogens is 258 g/mol. The molecule has 0 aliphatic carbocycles. The fourth-order valence-corrected chi connectivity index (χ4v) is 2.31. The van der Waals surface area contributed by atoms with Crippen LogP contribution in [0.5, 0.6) is 0 Å². The van der Waals surface area contributed by atoms with Crippen molar-refractivity contribution in [3.05, 3.63) is 47.9 Å². The molecule has 0 saturated carbocycles. The normalized spacial score (nSPS) is 10.8. The van der Waals surface area contributed by atoms with E-state index >= 15 is 0 Å². The van der Waals surface area contributed by atoms with Gasteiger partial charge in [-0.3, -0.25) is 4.98 Å². The number of hydrogen-bond acceptors (Lipinski definition) is 3. The standard InChI is InChI=1S/C18H23N3/c1-11(2)15-8-7-14(10-20-15)18-13(5)9-16(19-6)17(21-18)12(3)4/h7-11,19H,3H2,1-2,4-6H3. The SMILES string of the molecule is C=C(C)c1nc(-c2ccc(C(C)C)nc2)c(C)cc1NC. The van der Waals surface area contributed by atoms with Crippen molar-refractivity contribution < 1.29 is 0 Å². The number of anilines is 1. The number of nitrogens with zero attached hydrogens (tertiary/aromatic N) is 2. The first-order chi connectivity index (χ1) is 9.93. The molecule has 0 fully saturated rings. The van der Waals surface area contributed by atoms with Gasteiger partial charge in [0.2, 0.25) is 0 Å². The molecule has 2 aromatic rings. The van der Waals surface area contributed by atoms with Gasteiger partial charge in [0.15, 0.2) is 0 Å². The summed E-state index contributed by atoms with van der Waals surface area (Å²) in [4.78, 5) is 9.32. The maximum absolute atomic E-state index is 4.79. The average Bonchev–Trinajstić information content (AvgIpc) is 2.46. The highest BCUT2D eigenvalue weighted by molar-refractivity contribution is 5.75. The second kappa shape index (κ2) is 6.08. The zero-order valence-corrected chi connectivity index (χ0v) is 13.5.